The van der Waals surface area contributed by atoms with Gasteiger partial charge in [-0.15, -0.1) is 0 Å². The number of aryl methyl sites for hydroxylation is 1. The monoisotopic (exact) mass is 398 g/mol. The molecule has 0 fully saturated rings. The molecular formula is C16H15BrN8. The largest absolute Gasteiger partial charge is 0.383 e. The molecule has 0 atom stereocenters. The van der Waals surface area contributed by atoms with Crippen LogP contribution in [0.5, 0.6) is 0 Å². The Morgan fingerprint density at radius 2 is 2.00 bits per heavy atom. The number of nitrogens with one attached hydrogen (secondary N) is 1. The van der Waals surface area contributed by atoms with Crippen molar-refractivity contribution in [1.82, 2.24) is 29.5 Å². The highest BCUT2D eigenvalue weighted by atomic mass is 79.9. The number of halogens is 1. The maximum atomic E-state index is 6.05. The molecule has 4 aromatic rings. The minimum absolute atomic E-state index is 0.346. The second-order valence-corrected chi connectivity index (χ2v) is 6.36. The number of nitrogens with zero attached hydrogens (tertiary/aromatic N) is 6. The molecule has 25 heavy (non-hydrogen) atoms. The second kappa shape index (κ2) is 6.17. The van der Waals surface area contributed by atoms with Crippen LogP contribution < -0.4 is 11.1 Å². The van der Waals surface area contributed by atoms with Gasteiger partial charge in [0.2, 0.25) is 0 Å². The van der Waals surface area contributed by atoms with Gasteiger partial charge in [0.1, 0.15) is 16.1 Å². The minimum atomic E-state index is 0.346. The fourth-order valence-corrected chi connectivity index (χ4v) is 2.86. The van der Waals surface area contributed by atoms with Crippen molar-refractivity contribution in [3.8, 4) is 5.95 Å². The average Bonchev–Trinajstić information content (AvgIpc) is 3.22. The van der Waals surface area contributed by atoms with Crippen LogP contribution in [-0.4, -0.2) is 29.5 Å². The highest BCUT2D eigenvalue weighted by Gasteiger charge is 2.14. The molecule has 0 saturated carbocycles. The molecule has 0 aliphatic rings. The van der Waals surface area contributed by atoms with Gasteiger partial charge in [-0.1, -0.05) is 18.2 Å². The van der Waals surface area contributed by atoms with Gasteiger partial charge < -0.3 is 11.1 Å². The Morgan fingerprint density at radius 3 is 2.80 bits per heavy atom. The van der Waals surface area contributed by atoms with E-state index < -0.39 is 0 Å². The van der Waals surface area contributed by atoms with E-state index >= 15 is 0 Å². The Bertz CT molecular complexity index is 1050. The van der Waals surface area contributed by atoms with Crippen molar-refractivity contribution in [2.75, 3.05) is 11.1 Å². The molecule has 8 nitrogen and oxygen atoms in total. The van der Waals surface area contributed by atoms with E-state index in [4.69, 9.17) is 5.73 Å². The molecule has 3 aromatic heterocycles. The topological polar surface area (TPSA) is 99.5 Å². The molecule has 0 aliphatic carbocycles. The van der Waals surface area contributed by atoms with Crippen LogP contribution in [0.2, 0.25) is 0 Å². The maximum absolute atomic E-state index is 6.05. The summed E-state index contributed by atoms with van der Waals surface area (Å²) in [5.41, 5.74) is 8.01. The molecule has 4 rings (SSSR count). The Labute approximate surface area is 151 Å². The van der Waals surface area contributed by atoms with Crippen molar-refractivity contribution in [1.29, 1.82) is 0 Å². The zero-order valence-electron chi connectivity index (χ0n) is 13.4. The normalized spacial score (nSPS) is 11.1. The molecule has 126 valence electrons. The van der Waals surface area contributed by atoms with Crippen molar-refractivity contribution < 1.29 is 0 Å². The highest BCUT2D eigenvalue weighted by molar-refractivity contribution is 9.10. The van der Waals surface area contributed by atoms with Gasteiger partial charge in [0.25, 0.3) is 5.95 Å². The van der Waals surface area contributed by atoms with E-state index in [9.17, 15) is 0 Å². The van der Waals surface area contributed by atoms with Gasteiger partial charge >= 0.3 is 0 Å². The standard InChI is InChI=1S/C16H15BrN8/c1-24-9-10(7-20-24)6-19-15-13(17)14(18)22-16(23-15)25-12-5-3-2-4-11(12)8-21-25/h2-5,7-9H,6H2,1H3,(H3,18,19,22,23). The lowest BCUT2D eigenvalue weighted by molar-refractivity contribution is 0.767. The first-order chi connectivity index (χ1) is 12.1. The van der Waals surface area contributed by atoms with Gasteiger partial charge in [-0.25, -0.2) is 0 Å². The quantitative estimate of drug-likeness (QED) is 0.547. The molecule has 0 aliphatic heterocycles. The summed E-state index contributed by atoms with van der Waals surface area (Å²) in [7, 11) is 1.88. The fraction of sp³-hybridized carbons (Fsp3) is 0.125. The zero-order valence-corrected chi connectivity index (χ0v) is 15.0. The Hall–Kier alpha value is -2.94. The molecule has 0 bridgehead atoms. The molecular weight excluding hydrogens is 384 g/mol. The van der Waals surface area contributed by atoms with Crippen LogP contribution in [0.3, 0.4) is 0 Å². The third kappa shape index (κ3) is 2.93. The van der Waals surface area contributed by atoms with Crippen LogP contribution in [0.15, 0.2) is 47.3 Å². The van der Waals surface area contributed by atoms with E-state index in [-0.39, 0.29) is 0 Å². The van der Waals surface area contributed by atoms with Gasteiger partial charge in [0.05, 0.1) is 17.9 Å². The number of nitrogens with two attached hydrogens (primary N) is 1. The predicted molar refractivity (Wildman–Crippen MR) is 99.3 cm³/mol. The summed E-state index contributed by atoms with van der Waals surface area (Å²) in [5.74, 6) is 1.36. The maximum Gasteiger partial charge on any atom is 0.255 e. The lowest BCUT2D eigenvalue weighted by Gasteiger charge is -2.11. The molecule has 9 heteroatoms. The fourth-order valence-electron chi connectivity index (χ4n) is 2.54. The number of rotatable bonds is 4. The van der Waals surface area contributed by atoms with Crippen LogP contribution in [0.25, 0.3) is 16.9 Å². The Kier molecular flexibility index (Phi) is 3.85. The number of hydrogen-bond donors (Lipinski definition) is 2. The van der Waals surface area contributed by atoms with E-state index in [2.05, 4.69) is 41.4 Å². The minimum Gasteiger partial charge on any atom is -0.383 e. The van der Waals surface area contributed by atoms with Crippen LogP contribution in [0.4, 0.5) is 11.6 Å². The second-order valence-electron chi connectivity index (χ2n) is 5.56. The van der Waals surface area contributed by atoms with Crippen molar-refractivity contribution in [2.45, 2.75) is 6.54 Å². The molecule has 3 heterocycles. The molecule has 0 saturated heterocycles. The molecule has 0 radical (unpaired) electrons. The first-order valence-corrected chi connectivity index (χ1v) is 8.38. The summed E-state index contributed by atoms with van der Waals surface area (Å²) < 4.78 is 4.05. The van der Waals surface area contributed by atoms with Crippen LogP contribution in [-0.2, 0) is 13.6 Å². The van der Waals surface area contributed by atoms with E-state index in [0.717, 1.165) is 16.5 Å². The molecule has 1 aromatic carbocycles. The van der Waals surface area contributed by atoms with E-state index in [1.807, 2.05) is 37.5 Å². The van der Waals surface area contributed by atoms with E-state index in [0.29, 0.717) is 28.6 Å². The van der Waals surface area contributed by atoms with Crippen molar-refractivity contribution >= 4 is 38.5 Å². The summed E-state index contributed by atoms with van der Waals surface area (Å²) in [6, 6.07) is 7.87. The Balaban J connectivity index is 1.71. The summed E-state index contributed by atoms with van der Waals surface area (Å²) in [4.78, 5) is 8.92. The van der Waals surface area contributed by atoms with Gasteiger partial charge in [-0.05, 0) is 22.0 Å². The van der Waals surface area contributed by atoms with Crippen molar-refractivity contribution in [3.05, 3.63) is 52.9 Å². The molecule has 0 unspecified atom stereocenters. The van der Waals surface area contributed by atoms with Gasteiger partial charge in [-0.3, -0.25) is 4.68 Å². The first kappa shape index (κ1) is 15.6. The van der Waals surface area contributed by atoms with Gasteiger partial charge in [0, 0.05) is 30.7 Å². The summed E-state index contributed by atoms with van der Waals surface area (Å²) in [6.45, 7) is 0.572. The smallest absolute Gasteiger partial charge is 0.255 e. The number of para-hydroxylation sites is 1. The zero-order chi connectivity index (χ0) is 17.4. The summed E-state index contributed by atoms with van der Waals surface area (Å²) in [5, 5.41) is 12.8. The van der Waals surface area contributed by atoms with E-state index in [1.165, 1.54) is 0 Å². The summed E-state index contributed by atoms with van der Waals surface area (Å²) in [6.07, 6.45) is 5.51. The number of anilines is 2. The number of fused-ring (bicyclic) bond motifs is 1. The van der Waals surface area contributed by atoms with Crippen LogP contribution >= 0.6 is 15.9 Å². The molecule has 3 N–H and O–H groups in total. The molecule has 0 spiro atoms. The third-order valence-corrected chi connectivity index (χ3v) is 4.53. The van der Waals surface area contributed by atoms with Crippen molar-refractivity contribution in [2.24, 2.45) is 7.05 Å². The van der Waals surface area contributed by atoms with E-state index in [1.54, 1.807) is 21.8 Å². The highest BCUT2D eigenvalue weighted by Crippen LogP contribution is 2.27. The number of nitrogen functional groups attached to an aromatic ring is 1. The average molecular weight is 399 g/mol. The molecule has 0 amide bonds. The van der Waals surface area contributed by atoms with Gasteiger partial charge in [-0.2, -0.15) is 24.8 Å². The predicted octanol–water partition coefficient (Wildman–Crippen LogP) is 2.51. The summed E-state index contributed by atoms with van der Waals surface area (Å²) >= 11 is 3.44. The van der Waals surface area contributed by atoms with Crippen molar-refractivity contribution in [3.63, 3.8) is 0 Å². The number of aromatic nitrogens is 6. The number of hydrogen-bond acceptors (Lipinski definition) is 6. The lowest BCUT2D eigenvalue weighted by Crippen LogP contribution is -2.10. The SMILES string of the molecule is Cn1cc(CNc2nc(-n3ncc4ccccc43)nc(N)c2Br)cn1. The lowest BCUT2D eigenvalue weighted by atomic mass is 10.3. The third-order valence-electron chi connectivity index (χ3n) is 3.75. The number of benzene rings is 1. The Morgan fingerprint density at radius 1 is 1.16 bits per heavy atom. The van der Waals surface area contributed by atoms with Gasteiger partial charge in [0.15, 0.2) is 0 Å². The first-order valence-electron chi connectivity index (χ1n) is 7.59. The van der Waals surface area contributed by atoms with Crippen LogP contribution in [0.1, 0.15) is 5.56 Å². The van der Waals surface area contributed by atoms with Crippen LogP contribution in [0, 0.1) is 0 Å².